The number of guanidine groups is 1. The predicted octanol–water partition coefficient (Wildman–Crippen LogP) is 6.45. The van der Waals surface area contributed by atoms with E-state index in [2.05, 4.69) is 43.1 Å². The highest BCUT2D eigenvalue weighted by Crippen LogP contribution is 2.21. The summed E-state index contributed by atoms with van der Waals surface area (Å²) in [4.78, 5) is 33.8. The van der Waals surface area contributed by atoms with Crippen molar-refractivity contribution in [2.75, 3.05) is 50.2 Å². The zero-order chi connectivity index (χ0) is 37.1. The smallest absolute Gasteiger partial charge is 0.251 e. The number of halogens is 2. The van der Waals surface area contributed by atoms with Crippen LogP contribution in [-0.4, -0.2) is 68.2 Å². The molecule has 0 atom stereocenters. The van der Waals surface area contributed by atoms with Gasteiger partial charge in [0.25, 0.3) is 11.8 Å². The normalized spacial score (nSPS) is 11.4. The summed E-state index contributed by atoms with van der Waals surface area (Å²) in [5.41, 5.74) is 3.19. The van der Waals surface area contributed by atoms with Crippen LogP contribution in [0.1, 0.15) is 33.2 Å². The van der Waals surface area contributed by atoms with Gasteiger partial charge in [0.2, 0.25) is 5.96 Å². The monoisotopic (exact) mass is 745 g/mol. The number of amides is 2. The van der Waals surface area contributed by atoms with E-state index in [-0.39, 0.29) is 24.1 Å². The number of carbonyl (C=O) groups excluding carboxylic acids is 2. The molecule has 0 spiro atoms. The zero-order valence-corrected chi connectivity index (χ0v) is 30.1. The first-order valence-corrected chi connectivity index (χ1v) is 17.1. The average molecular weight is 747 g/mol. The Morgan fingerprint density at radius 3 is 2.12 bits per heavy atom. The summed E-state index contributed by atoms with van der Waals surface area (Å²) in [6.07, 6.45) is 0. The molecule has 4 aromatic carbocycles. The van der Waals surface area contributed by atoms with Crippen LogP contribution in [0.2, 0.25) is 10.0 Å². The van der Waals surface area contributed by atoms with E-state index in [4.69, 9.17) is 32.7 Å². The second-order valence-corrected chi connectivity index (χ2v) is 12.0. The number of hydrogen-bond donors (Lipinski definition) is 6. The van der Waals surface area contributed by atoms with E-state index in [0.29, 0.717) is 89.7 Å². The van der Waals surface area contributed by atoms with E-state index in [1.54, 1.807) is 85.8 Å². The van der Waals surface area contributed by atoms with Crippen molar-refractivity contribution in [1.82, 2.24) is 16.0 Å². The molecule has 0 heterocycles. The van der Waals surface area contributed by atoms with Crippen LogP contribution in [-0.2, 0) is 16.0 Å². The van der Waals surface area contributed by atoms with Gasteiger partial charge in [-0.15, -0.1) is 0 Å². The van der Waals surface area contributed by atoms with Crippen LogP contribution in [0.15, 0.2) is 119 Å². The number of aliphatic imine (C=N–C) groups is 2. The number of nitrogens with one attached hydrogen (secondary N) is 5. The van der Waals surface area contributed by atoms with Gasteiger partial charge in [-0.1, -0.05) is 54.0 Å². The standard InChI is InChI=1S/C38H41Cl2N7O5/c1-26(41-18-20-51-22-23-52-21-19-42-36(49)28-6-4-3-5-7-28)45-38(47-33-14-16-34(48)17-15-33)46-27(2)44-32-12-9-29(10-13-32)37(50)43-25-30-8-11-31(39)24-35(30)40/h3-17,24,44,48H,2,18-23,25H2,1H3,(H,42,49)(H,43,50)(H2,41,45,46,47). The summed E-state index contributed by atoms with van der Waals surface area (Å²) in [6, 6.07) is 27.5. The highest BCUT2D eigenvalue weighted by Gasteiger charge is 2.09. The molecule has 0 unspecified atom stereocenters. The second-order valence-electron chi connectivity index (χ2n) is 11.1. The number of aromatic hydroxyl groups is 1. The number of amidine groups is 1. The van der Waals surface area contributed by atoms with Gasteiger partial charge in [-0.3, -0.25) is 14.6 Å². The SMILES string of the molecule is C=C(NC(=NC(C)=NCCOCCOCCNC(=O)c1ccccc1)Nc1ccc(O)cc1)Nc1ccc(C(=O)NCc2ccc(Cl)cc2Cl)cc1. The van der Waals surface area contributed by atoms with Crippen molar-refractivity contribution in [3.63, 3.8) is 0 Å². The maximum absolute atomic E-state index is 12.7. The molecule has 0 aliphatic carbocycles. The number of phenols is 1. The Bertz CT molecular complexity index is 1840. The van der Waals surface area contributed by atoms with Crippen LogP contribution in [0.25, 0.3) is 0 Å². The van der Waals surface area contributed by atoms with Crippen LogP contribution < -0.4 is 26.6 Å². The van der Waals surface area contributed by atoms with Crippen molar-refractivity contribution in [3.8, 4) is 5.75 Å². The predicted molar refractivity (Wildman–Crippen MR) is 208 cm³/mol. The first-order chi connectivity index (χ1) is 25.2. The lowest BCUT2D eigenvalue weighted by Gasteiger charge is -2.16. The lowest BCUT2D eigenvalue weighted by atomic mass is 10.1. The molecule has 0 aliphatic rings. The third kappa shape index (κ3) is 14.1. The fourth-order valence-electron chi connectivity index (χ4n) is 4.48. The minimum Gasteiger partial charge on any atom is -0.508 e. The molecule has 12 nitrogen and oxygen atoms in total. The number of anilines is 2. The minimum atomic E-state index is -0.253. The van der Waals surface area contributed by atoms with Crippen molar-refractivity contribution in [2.45, 2.75) is 13.5 Å². The molecule has 272 valence electrons. The van der Waals surface area contributed by atoms with E-state index < -0.39 is 0 Å². The molecule has 6 N–H and O–H groups in total. The van der Waals surface area contributed by atoms with Crippen LogP contribution in [0.5, 0.6) is 5.75 Å². The van der Waals surface area contributed by atoms with Crippen LogP contribution >= 0.6 is 23.2 Å². The van der Waals surface area contributed by atoms with Gasteiger partial charge in [0.15, 0.2) is 0 Å². The summed E-state index contributed by atoms with van der Waals surface area (Å²) in [5.74, 6) is 0.945. The van der Waals surface area contributed by atoms with Gasteiger partial charge in [0.05, 0.1) is 33.0 Å². The molecule has 52 heavy (non-hydrogen) atoms. The molecule has 4 aromatic rings. The second kappa shape index (κ2) is 21.1. The van der Waals surface area contributed by atoms with Gasteiger partial charge in [0.1, 0.15) is 17.4 Å². The summed E-state index contributed by atoms with van der Waals surface area (Å²) in [5, 5.41) is 25.8. The highest BCUT2D eigenvalue weighted by molar-refractivity contribution is 6.35. The maximum atomic E-state index is 12.7. The minimum absolute atomic E-state index is 0.131. The van der Waals surface area contributed by atoms with Gasteiger partial charge in [-0.25, -0.2) is 4.99 Å². The summed E-state index contributed by atoms with van der Waals surface area (Å²) in [7, 11) is 0. The van der Waals surface area contributed by atoms with Gasteiger partial charge in [0, 0.05) is 45.6 Å². The van der Waals surface area contributed by atoms with E-state index in [0.717, 1.165) is 5.56 Å². The van der Waals surface area contributed by atoms with Gasteiger partial charge >= 0.3 is 0 Å². The first-order valence-electron chi connectivity index (χ1n) is 16.4. The van der Waals surface area contributed by atoms with Crippen molar-refractivity contribution >= 4 is 58.2 Å². The Kier molecular flexibility index (Phi) is 16.0. The lowest BCUT2D eigenvalue weighted by molar-refractivity contribution is 0.0512. The fourth-order valence-corrected chi connectivity index (χ4v) is 4.96. The Hall–Kier alpha value is -5.40. The number of carbonyl (C=O) groups is 2. The molecule has 0 radical (unpaired) electrons. The number of hydrogen-bond acceptors (Lipinski definition) is 7. The summed E-state index contributed by atoms with van der Waals surface area (Å²) >= 11 is 12.2. The van der Waals surface area contributed by atoms with Gasteiger partial charge in [-0.2, -0.15) is 0 Å². The van der Waals surface area contributed by atoms with E-state index in [1.165, 1.54) is 0 Å². The molecule has 0 saturated carbocycles. The molecule has 14 heteroatoms. The molecule has 0 fully saturated rings. The van der Waals surface area contributed by atoms with Crippen molar-refractivity contribution < 1.29 is 24.2 Å². The number of rotatable bonds is 17. The molecule has 2 amide bonds. The maximum Gasteiger partial charge on any atom is 0.251 e. The summed E-state index contributed by atoms with van der Waals surface area (Å²) in [6.45, 7) is 8.37. The molecule has 0 bridgehead atoms. The molecule has 4 rings (SSSR count). The zero-order valence-electron chi connectivity index (χ0n) is 28.6. The first kappa shape index (κ1) is 39.4. The number of benzene rings is 4. The Labute approximate surface area is 313 Å². The molecule has 0 aromatic heterocycles. The topological polar surface area (TPSA) is 158 Å². The van der Waals surface area contributed by atoms with Crippen LogP contribution in [0.4, 0.5) is 11.4 Å². The molecular weight excluding hydrogens is 705 g/mol. The Morgan fingerprint density at radius 2 is 1.40 bits per heavy atom. The Balaban J connectivity index is 1.21. The van der Waals surface area contributed by atoms with E-state index in [9.17, 15) is 14.7 Å². The van der Waals surface area contributed by atoms with Crippen molar-refractivity contribution in [2.24, 2.45) is 9.98 Å². The van der Waals surface area contributed by atoms with Gasteiger partial charge in [-0.05, 0) is 85.3 Å². The van der Waals surface area contributed by atoms with Crippen LogP contribution in [0, 0.1) is 0 Å². The largest absolute Gasteiger partial charge is 0.508 e. The van der Waals surface area contributed by atoms with E-state index >= 15 is 0 Å². The highest BCUT2D eigenvalue weighted by atomic mass is 35.5. The fraction of sp³-hybridized carbons (Fsp3) is 0.211. The third-order valence-electron chi connectivity index (χ3n) is 7.09. The number of ether oxygens (including phenoxy) is 2. The quantitative estimate of drug-likeness (QED) is 0.0312. The van der Waals surface area contributed by atoms with Crippen LogP contribution in [0.3, 0.4) is 0 Å². The number of phenolic OH excluding ortho intramolecular Hbond substituents is 1. The lowest BCUT2D eigenvalue weighted by Crippen LogP contribution is -2.33. The summed E-state index contributed by atoms with van der Waals surface area (Å²) < 4.78 is 11.1. The van der Waals surface area contributed by atoms with Crippen molar-refractivity contribution in [3.05, 3.63) is 136 Å². The molecular formula is C38H41Cl2N7O5. The average Bonchev–Trinajstić information content (AvgIpc) is 3.13. The third-order valence-corrected chi connectivity index (χ3v) is 7.67. The van der Waals surface area contributed by atoms with E-state index in [1.807, 2.05) is 18.2 Å². The molecule has 0 saturated heterocycles. The Morgan fingerprint density at radius 1 is 0.769 bits per heavy atom. The van der Waals surface area contributed by atoms with Gasteiger partial charge < -0.3 is 41.2 Å². The number of nitrogens with zero attached hydrogens (tertiary/aromatic N) is 2. The molecule has 0 aliphatic heterocycles. The van der Waals surface area contributed by atoms with Crippen molar-refractivity contribution in [1.29, 1.82) is 0 Å².